The average Bonchev–Trinajstić information content (AvgIpc) is 2.46. The summed E-state index contributed by atoms with van der Waals surface area (Å²) in [6, 6.07) is 11.0. The van der Waals surface area contributed by atoms with Crippen LogP contribution < -0.4 is 4.74 Å². The van der Waals surface area contributed by atoms with Crippen LogP contribution in [0.25, 0.3) is 0 Å². The molecule has 1 atom stereocenters. The smallest absolute Gasteiger partial charge is 0.311 e. The fourth-order valence-electron chi connectivity index (χ4n) is 2.14. The maximum absolute atomic E-state index is 13.8. The molecule has 2 rings (SSSR count). The topological polar surface area (TPSA) is 46.5 Å². The zero-order valence-corrected chi connectivity index (χ0v) is 12.1. The second kappa shape index (κ2) is 6.59. The Balaban J connectivity index is 2.38. The Kier molecular flexibility index (Phi) is 4.81. The van der Waals surface area contributed by atoms with Crippen LogP contribution in [0.4, 0.5) is 4.39 Å². The van der Waals surface area contributed by atoms with Gasteiger partial charge in [0, 0.05) is 10.6 Å². The molecule has 0 bridgehead atoms. The molecule has 21 heavy (non-hydrogen) atoms. The van der Waals surface area contributed by atoms with E-state index in [1.54, 1.807) is 30.3 Å². The fraction of sp³-hybridized carbons (Fsp3) is 0.188. The highest BCUT2D eigenvalue weighted by atomic mass is 35.5. The molecule has 0 amide bonds. The highest BCUT2D eigenvalue weighted by Crippen LogP contribution is 2.29. The number of carboxylic acids is 1. The number of methoxy groups -OCH3 is 1. The van der Waals surface area contributed by atoms with Crippen LogP contribution in [0.2, 0.25) is 5.02 Å². The van der Waals surface area contributed by atoms with Crippen molar-refractivity contribution in [2.24, 2.45) is 0 Å². The lowest BCUT2D eigenvalue weighted by atomic mass is 9.91. The largest absolute Gasteiger partial charge is 0.497 e. The summed E-state index contributed by atoms with van der Waals surface area (Å²) in [4.78, 5) is 11.5. The Hall–Kier alpha value is -2.07. The van der Waals surface area contributed by atoms with Gasteiger partial charge in [0.2, 0.25) is 0 Å². The molecule has 0 radical (unpaired) electrons. The van der Waals surface area contributed by atoms with E-state index in [4.69, 9.17) is 16.3 Å². The van der Waals surface area contributed by atoms with E-state index in [2.05, 4.69) is 0 Å². The van der Waals surface area contributed by atoms with E-state index in [9.17, 15) is 14.3 Å². The Labute approximate surface area is 126 Å². The summed E-state index contributed by atoms with van der Waals surface area (Å²) >= 11 is 5.97. The van der Waals surface area contributed by atoms with Gasteiger partial charge < -0.3 is 9.84 Å². The predicted molar refractivity (Wildman–Crippen MR) is 78.5 cm³/mol. The number of halogens is 2. The van der Waals surface area contributed by atoms with Gasteiger partial charge in [-0.2, -0.15) is 0 Å². The number of hydrogen-bond acceptors (Lipinski definition) is 2. The molecular weight excluding hydrogens is 295 g/mol. The number of benzene rings is 2. The lowest BCUT2D eigenvalue weighted by Gasteiger charge is -2.15. The van der Waals surface area contributed by atoms with Crippen molar-refractivity contribution in [3.05, 3.63) is 64.4 Å². The van der Waals surface area contributed by atoms with E-state index < -0.39 is 17.7 Å². The normalized spacial score (nSPS) is 12.0. The van der Waals surface area contributed by atoms with Gasteiger partial charge in [-0.3, -0.25) is 4.79 Å². The van der Waals surface area contributed by atoms with E-state index in [0.29, 0.717) is 11.3 Å². The number of carboxylic acid groups (broad SMARTS) is 1. The van der Waals surface area contributed by atoms with Crippen LogP contribution in [0.3, 0.4) is 0 Å². The summed E-state index contributed by atoms with van der Waals surface area (Å²) in [5, 5.41) is 9.65. The minimum absolute atomic E-state index is 0.0198. The molecule has 2 aromatic rings. The van der Waals surface area contributed by atoms with Crippen LogP contribution in [0.5, 0.6) is 5.75 Å². The van der Waals surface area contributed by atoms with Crippen molar-refractivity contribution in [2.45, 2.75) is 12.3 Å². The molecule has 2 aromatic carbocycles. The van der Waals surface area contributed by atoms with Crippen LogP contribution in [0.15, 0.2) is 42.5 Å². The zero-order chi connectivity index (χ0) is 15.4. The summed E-state index contributed by atoms with van der Waals surface area (Å²) in [6.07, 6.45) is -0.0198. The number of aliphatic carboxylic acids is 1. The average molecular weight is 309 g/mol. The third-order valence-corrected chi connectivity index (χ3v) is 3.62. The summed E-state index contributed by atoms with van der Waals surface area (Å²) in [6.45, 7) is 0. The van der Waals surface area contributed by atoms with Gasteiger partial charge in [0.25, 0.3) is 0 Å². The monoisotopic (exact) mass is 308 g/mol. The van der Waals surface area contributed by atoms with Crippen molar-refractivity contribution < 1.29 is 19.0 Å². The van der Waals surface area contributed by atoms with Crippen LogP contribution in [-0.2, 0) is 11.2 Å². The fourth-order valence-corrected chi connectivity index (χ4v) is 2.38. The van der Waals surface area contributed by atoms with Crippen LogP contribution >= 0.6 is 11.6 Å². The van der Waals surface area contributed by atoms with Crippen molar-refractivity contribution in [1.29, 1.82) is 0 Å². The van der Waals surface area contributed by atoms with E-state index in [1.165, 1.54) is 19.2 Å². The molecule has 0 heterocycles. The SMILES string of the molecule is COc1cccc(C(Cc2c(F)cccc2Cl)C(=O)O)c1. The summed E-state index contributed by atoms with van der Waals surface area (Å²) in [7, 11) is 1.50. The number of rotatable bonds is 5. The lowest BCUT2D eigenvalue weighted by Crippen LogP contribution is -2.15. The first-order chi connectivity index (χ1) is 10.0. The Morgan fingerprint density at radius 1 is 1.33 bits per heavy atom. The van der Waals surface area contributed by atoms with E-state index in [-0.39, 0.29) is 17.0 Å². The molecule has 1 N–H and O–H groups in total. The lowest BCUT2D eigenvalue weighted by molar-refractivity contribution is -0.138. The third kappa shape index (κ3) is 3.52. The first kappa shape index (κ1) is 15.3. The van der Waals surface area contributed by atoms with E-state index >= 15 is 0 Å². The van der Waals surface area contributed by atoms with Crippen LogP contribution in [0.1, 0.15) is 17.0 Å². The van der Waals surface area contributed by atoms with Gasteiger partial charge in [-0.1, -0.05) is 29.8 Å². The van der Waals surface area contributed by atoms with Gasteiger partial charge >= 0.3 is 5.97 Å². The second-order valence-corrected chi connectivity index (χ2v) is 4.98. The predicted octanol–water partition coefficient (Wildman–Crippen LogP) is 3.90. The third-order valence-electron chi connectivity index (χ3n) is 3.26. The number of hydrogen-bond donors (Lipinski definition) is 1. The van der Waals surface area contributed by atoms with Gasteiger partial charge in [-0.05, 0) is 36.2 Å². The Morgan fingerprint density at radius 2 is 2.05 bits per heavy atom. The molecule has 0 aliphatic rings. The van der Waals surface area contributed by atoms with Gasteiger partial charge in [0.15, 0.2) is 0 Å². The van der Waals surface area contributed by atoms with E-state index in [1.807, 2.05) is 0 Å². The molecule has 110 valence electrons. The van der Waals surface area contributed by atoms with Crippen molar-refractivity contribution in [3.8, 4) is 5.75 Å². The first-order valence-electron chi connectivity index (χ1n) is 6.32. The standard InChI is InChI=1S/C16H14ClFO3/c1-21-11-5-2-4-10(8-11)12(16(19)20)9-13-14(17)6-3-7-15(13)18/h2-8,12H,9H2,1H3,(H,19,20). The van der Waals surface area contributed by atoms with Crippen LogP contribution in [-0.4, -0.2) is 18.2 Å². The molecule has 0 saturated carbocycles. The van der Waals surface area contributed by atoms with Crippen molar-refractivity contribution >= 4 is 17.6 Å². The van der Waals surface area contributed by atoms with Gasteiger partial charge in [-0.25, -0.2) is 4.39 Å². The number of ether oxygens (including phenoxy) is 1. The summed E-state index contributed by atoms with van der Waals surface area (Å²) < 4.78 is 18.9. The molecule has 0 aromatic heterocycles. The minimum Gasteiger partial charge on any atom is -0.497 e. The van der Waals surface area contributed by atoms with Crippen molar-refractivity contribution in [2.75, 3.05) is 7.11 Å². The quantitative estimate of drug-likeness (QED) is 0.911. The molecule has 5 heteroatoms. The van der Waals surface area contributed by atoms with E-state index in [0.717, 1.165) is 0 Å². The second-order valence-electron chi connectivity index (χ2n) is 4.57. The summed E-state index contributed by atoms with van der Waals surface area (Å²) in [5.74, 6) is -1.88. The molecule has 0 fully saturated rings. The maximum Gasteiger partial charge on any atom is 0.311 e. The zero-order valence-electron chi connectivity index (χ0n) is 11.3. The molecule has 0 saturated heterocycles. The van der Waals surface area contributed by atoms with Gasteiger partial charge in [-0.15, -0.1) is 0 Å². The summed E-state index contributed by atoms with van der Waals surface area (Å²) in [5.41, 5.74) is 0.746. The number of carbonyl (C=O) groups is 1. The highest BCUT2D eigenvalue weighted by Gasteiger charge is 2.23. The maximum atomic E-state index is 13.8. The molecule has 0 aliphatic heterocycles. The van der Waals surface area contributed by atoms with Gasteiger partial charge in [0.05, 0.1) is 13.0 Å². The molecule has 0 spiro atoms. The Bertz CT molecular complexity index is 637. The van der Waals surface area contributed by atoms with Gasteiger partial charge in [0.1, 0.15) is 11.6 Å². The highest BCUT2D eigenvalue weighted by molar-refractivity contribution is 6.31. The Morgan fingerprint density at radius 3 is 2.67 bits per heavy atom. The molecule has 3 nitrogen and oxygen atoms in total. The van der Waals surface area contributed by atoms with Crippen molar-refractivity contribution in [1.82, 2.24) is 0 Å². The van der Waals surface area contributed by atoms with Crippen molar-refractivity contribution in [3.63, 3.8) is 0 Å². The first-order valence-corrected chi connectivity index (χ1v) is 6.70. The molecular formula is C16H14ClFO3. The minimum atomic E-state index is -1.04. The molecule has 0 aliphatic carbocycles. The molecule has 1 unspecified atom stereocenters. The van der Waals surface area contributed by atoms with Crippen LogP contribution in [0, 0.1) is 5.82 Å².